The molecule has 0 atom stereocenters. The fraction of sp³-hybridized carbons (Fsp3) is 0. The maximum atomic E-state index is 10.5. The van der Waals surface area contributed by atoms with Gasteiger partial charge in [-0.25, -0.2) is 0 Å². The second kappa shape index (κ2) is 5.08. The molecule has 0 aromatic heterocycles. The highest BCUT2D eigenvalue weighted by Gasteiger charge is 2.07. The molecular formula is C20H14O2. The Hall–Kier alpha value is -3.00. The molecule has 0 aliphatic heterocycles. The Morgan fingerprint density at radius 3 is 2.18 bits per heavy atom. The Morgan fingerprint density at radius 1 is 0.591 bits per heavy atom. The SMILES string of the molecule is Oc1c2ccccc2cc2ccc(Oc3ccccc3)cc12. The number of ether oxygens (including phenoxy) is 1. The Morgan fingerprint density at radius 2 is 1.32 bits per heavy atom. The van der Waals surface area contributed by atoms with Gasteiger partial charge in [0.05, 0.1) is 0 Å². The molecule has 2 nitrogen and oxygen atoms in total. The monoisotopic (exact) mass is 286 g/mol. The molecule has 2 heteroatoms. The zero-order valence-corrected chi connectivity index (χ0v) is 11.9. The average molecular weight is 286 g/mol. The Labute approximate surface area is 128 Å². The molecule has 4 rings (SSSR count). The minimum absolute atomic E-state index is 0.298. The van der Waals surface area contributed by atoms with Crippen LogP contribution in [0.15, 0.2) is 78.9 Å². The van der Waals surface area contributed by atoms with Crippen LogP contribution in [0.2, 0.25) is 0 Å². The van der Waals surface area contributed by atoms with E-state index in [4.69, 9.17) is 4.74 Å². The number of aromatic hydroxyl groups is 1. The zero-order chi connectivity index (χ0) is 14.9. The summed E-state index contributed by atoms with van der Waals surface area (Å²) >= 11 is 0. The molecule has 0 saturated heterocycles. The normalized spacial score (nSPS) is 10.9. The maximum Gasteiger partial charge on any atom is 0.131 e. The summed E-state index contributed by atoms with van der Waals surface area (Å²) in [7, 11) is 0. The summed E-state index contributed by atoms with van der Waals surface area (Å²) in [5.41, 5.74) is 0. The van der Waals surface area contributed by atoms with Gasteiger partial charge in [0.1, 0.15) is 17.2 Å². The summed E-state index contributed by atoms with van der Waals surface area (Å²) in [5, 5.41) is 14.2. The van der Waals surface area contributed by atoms with Crippen LogP contribution in [-0.4, -0.2) is 5.11 Å². The highest BCUT2D eigenvalue weighted by atomic mass is 16.5. The minimum Gasteiger partial charge on any atom is -0.507 e. The van der Waals surface area contributed by atoms with Crippen LogP contribution in [0.3, 0.4) is 0 Å². The lowest BCUT2D eigenvalue weighted by Crippen LogP contribution is -1.85. The summed E-state index contributed by atoms with van der Waals surface area (Å²) < 4.78 is 5.84. The summed E-state index contributed by atoms with van der Waals surface area (Å²) in [5.74, 6) is 1.79. The van der Waals surface area contributed by atoms with Crippen molar-refractivity contribution in [3.05, 3.63) is 78.9 Å². The number of rotatable bonds is 2. The first-order valence-electron chi connectivity index (χ1n) is 7.19. The van der Waals surface area contributed by atoms with E-state index in [2.05, 4.69) is 6.07 Å². The topological polar surface area (TPSA) is 29.5 Å². The van der Waals surface area contributed by atoms with E-state index >= 15 is 0 Å². The van der Waals surface area contributed by atoms with E-state index in [1.54, 1.807) is 0 Å². The van der Waals surface area contributed by atoms with E-state index in [0.717, 1.165) is 27.3 Å². The molecule has 4 aromatic rings. The fourth-order valence-corrected chi connectivity index (χ4v) is 2.71. The van der Waals surface area contributed by atoms with E-state index < -0.39 is 0 Å². The molecule has 0 aliphatic rings. The number of benzene rings is 4. The molecule has 1 N–H and O–H groups in total. The molecule has 0 spiro atoms. The second-order valence-corrected chi connectivity index (χ2v) is 5.24. The van der Waals surface area contributed by atoms with Crippen LogP contribution in [0.1, 0.15) is 0 Å². The summed E-state index contributed by atoms with van der Waals surface area (Å²) in [4.78, 5) is 0. The fourth-order valence-electron chi connectivity index (χ4n) is 2.71. The van der Waals surface area contributed by atoms with Crippen molar-refractivity contribution in [2.45, 2.75) is 0 Å². The van der Waals surface area contributed by atoms with Gasteiger partial charge < -0.3 is 9.84 Å². The number of para-hydroxylation sites is 1. The zero-order valence-electron chi connectivity index (χ0n) is 11.9. The van der Waals surface area contributed by atoms with Crippen LogP contribution in [0.25, 0.3) is 21.5 Å². The van der Waals surface area contributed by atoms with Gasteiger partial charge in [-0.15, -0.1) is 0 Å². The third-order valence-corrected chi connectivity index (χ3v) is 3.79. The predicted molar refractivity (Wildman–Crippen MR) is 89.6 cm³/mol. The molecule has 0 radical (unpaired) electrons. The quantitative estimate of drug-likeness (QED) is 0.494. The van der Waals surface area contributed by atoms with Gasteiger partial charge in [-0.3, -0.25) is 0 Å². The van der Waals surface area contributed by atoms with Crippen molar-refractivity contribution < 1.29 is 9.84 Å². The van der Waals surface area contributed by atoms with Crippen molar-refractivity contribution in [3.63, 3.8) is 0 Å². The third-order valence-electron chi connectivity index (χ3n) is 3.79. The summed E-state index contributed by atoms with van der Waals surface area (Å²) in [6.07, 6.45) is 0. The van der Waals surface area contributed by atoms with Crippen molar-refractivity contribution in [3.8, 4) is 17.2 Å². The van der Waals surface area contributed by atoms with Crippen molar-refractivity contribution >= 4 is 21.5 Å². The summed E-state index contributed by atoms with van der Waals surface area (Å²) in [6.45, 7) is 0. The van der Waals surface area contributed by atoms with Crippen molar-refractivity contribution in [1.29, 1.82) is 0 Å². The Balaban J connectivity index is 1.86. The van der Waals surface area contributed by atoms with Gasteiger partial charge in [-0.2, -0.15) is 0 Å². The first-order valence-corrected chi connectivity index (χ1v) is 7.19. The Kier molecular flexibility index (Phi) is 2.94. The molecule has 4 aromatic carbocycles. The molecule has 0 bridgehead atoms. The van der Waals surface area contributed by atoms with E-state index in [9.17, 15) is 5.11 Å². The van der Waals surface area contributed by atoms with Gasteiger partial charge in [0.25, 0.3) is 0 Å². The smallest absolute Gasteiger partial charge is 0.131 e. The van der Waals surface area contributed by atoms with E-state index in [1.165, 1.54) is 0 Å². The molecule has 0 aliphatic carbocycles. The molecule has 0 heterocycles. The van der Waals surface area contributed by atoms with E-state index in [1.807, 2.05) is 72.8 Å². The number of fused-ring (bicyclic) bond motifs is 2. The third kappa shape index (κ3) is 2.15. The van der Waals surface area contributed by atoms with Gasteiger partial charge in [0.2, 0.25) is 0 Å². The van der Waals surface area contributed by atoms with Gasteiger partial charge in [0, 0.05) is 10.8 Å². The van der Waals surface area contributed by atoms with Gasteiger partial charge in [-0.05, 0) is 41.1 Å². The lowest BCUT2D eigenvalue weighted by Gasteiger charge is -2.09. The lowest BCUT2D eigenvalue weighted by atomic mass is 10.0. The predicted octanol–water partition coefficient (Wildman–Crippen LogP) is 5.49. The van der Waals surface area contributed by atoms with Gasteiger partial charge in [-0.1, -0.05) is 48.5 Å². The van der Waals surface area contributed by atoms with Crippen molar-refractivity contribution in [2.75, 3.05) is 0 Å². The number of hydrogen-bond acceptors (Lipinski definition) is 2. The van der Waals surface area contributed by atoms with Crippen LogP contribution < -0.4 is 4.74 Å². The number of phenols is 1. The van der Waals surface area contributed by atoms with Crippen molar-refractivity contribution in [1.82, 2.24) is 0 Å². The first kappa shape index (κ1) is 12.7. The molecule has 0 amide bonds. The van der Waals surface area contributed by atoms with Gasteiger partial charge >= 0.3 is 0 Å². The average Bonchev–Trinajstić information content (AvgIpc) is 2.57. The minimum atomic E-state index is 0.298. The van der Waals surface area contributed by atoms with Crippen LogP contribution in [0, 0.1) is 0 Å². The molecule has 22 heavy (non-hydrogen) atoms. The molecular weight excluding hydrogens is 272 g/mol. The standard InChI is InChI=1S/C20H14O2/c21-20-18-9-5-4-6-14(18)12-15-10-11-17(13-19(15)20)22-16-7-2-1-3-8-16/h1-13,21H. The number of hydrogen-bond donors (Lipinski definition) is 1. The highest BCUT2D eigenvalue weighted by molar-refractivity contribution is 6.05. The summed E-state index contributed by atoms with van der Waals surface area (Å²) in [6, 6.07) is 25.3. The van der Waals surface area contributed by atoms with Gasteiger partial charge in [0.15, 0.2) is 0 Å². The molecule has 0 fully saturated rings. The van der Waals surface area contributed by atoms with E-state index in [-0.39, 0.29) is 0 Å². The van der Waals surface area contributed by atoms with Crippen LogP contribution >= 0.6 is 0 Å². The second-order valence-electron chi connectivity index (χ2n) is 5.24. The first-order chi connectivity index (χ1) is 10.8. The largest absolute Gasteiger partial charge is 0.507 e. The van der Waals surface area contributed by atoms with Crippen LogP contribution in [0.4, 0.5) is 0 Å². The number of phenolic OH excluding ortho intramolecular Hbond substituents is 1. The Bertz CT molecular complexity index is 959. The maximum absolute atomic E-state index is 10.5. The lowest BCUT2D eigenvalue weighted by molar-refractivity contribution is 0.479. The highest BCUT2D eigenvalue weighted by Crippen LogP contribution is 2.36. The van der Waals surface area contributed by atoms with E-state index in [0.29, 0.717) is 11.5 Å². The van der Waals surface area contributed by atoms with Crippen molar-refractivity contribution in [2.24, 2.45) is 0 Å². The molecule has 0 unspecified atom stereocenters. The molecule has 0 saturated carbocycles. The van der Waals surface area contributed by atoms with Crippen LogP contribution in [0.5, 0.6) is 17.2 Å². The molecule has 106 valence electrons. The van der Waals surface area contributed by atoms with Crippen LogP contribution in [-0.2, 0) is 0 Å².